The quantitative estimate of drug-likeness (QED) is 0.803. The molecule has 1 aromatic rings. The maximum absolute atomic E-state index is 12.2. The fraction of sp³-hybridized carbons (Fsp3) is 0.300. The first-order chi connectivity index (χ1) is 7.95. The van der Waals surface area contributed by atoms with Gasteiger partial charge in [-0.3, -0.25) is 9.63 Å². The van der Waals surface area contributed by atoms with E-state index in [9.17, 15) is 13.6 Å². The van der Waals surface area contributed by atoms with Crippen LogP contribution in [0.5, 0.6) is 5.75 Å². The van der Waals surface area contributed by atoms with Crippen molar-refractivity contribution in [2.45, 2.75) is 6.61 Å². The molecule has 0 unspecified atom stereocenters. The van der Waals surface area contributed by atoms with Crippen molar-refractivity contribution in [1.29, 1.82) is 0 Å². The zero-order valence-electron chi connectivity index (χ0n) is 9.12. The number of amides is 1. The van der Waals surface area contributed by atoms with E-state index in [0.29, 0.717) is 4.47 Å². The first-order valence-corrected chi connectivity index (χ1v) is 5.31. The monoisotopic (exact) mass is 309 g/mol. The Balaban J connectivity index is 3.09. The molecule has 1 amide bonds. The van der Waals surface area contributed by atoms with E-state index in [-0.39, 0.29) is 11.3 Å². The molecular weight excluding hydrogens is 300 g/mol. The molecule has 17 heavy (non-hydrogen) atoms. The highest BCUT2D eigenvalue weighted by Crippen LogP contribution is 2.26. The highest BCUT2D eigenvalue weighted by atomic mass is 79.9. The molecule has 0 heterocycles. The SMILES string of the molecule is CON(C)C(=O)c1ccc(Br)cc1OC(F)F. The fourth-order valence-corrected chi connectivity index (χ4v) is 1.46. The van der Waals surface area contributed by atoms with Gasteiger partial charge in [-0.05, 0) is 18.2 Å². The van der Waals surface area contributed by atoms with E-state index in [4.69, 9.17) is 0 Å². The second-order valence-electron chi connectivity index (χ2n) is 3.00. The van der Waals surface area contributed by atoms with E-state index >= 15 is 0 Å². The van der Waals surface area contributed by atoms with E-state index in [1.165, 1.54) is 26.3 Å². The Morgan fingerprint density at radius 1 is 1.47 bits per heavy atom. The molecule has 0 aromatic heterocycles. The van der Waals surface area contributed by atoms with E-state index in [1.54, 1.807) is 6.07 Å². The zero-order chi connectivity index (χ0) is 13.0. The van der Waals surface area contributed by atoms with Crippen LogP contribution in [0.2, 0.25) is 0 Å². The normalized spacial score (nSPS) is 10.5. The summed E-state index contributed by atoms with van der Waals surface area (Å²) >= 11 is 3.11. The van der Waals surface area contributed by atoms with Crippen LogP contribution in [0.25, 0.3) is 0 Å². The van der Waals surface area contributed by atoms with Gasteiger partial charge in [-0.15, -0.1) is 0 Å². The molecule has 0 radical (unpaired) electrons. The lowest BCUT2D eigenvalue weighted by molar-refractivity contribution is -0.0771. The zero-order valence-corrected chi connectivity index (χ0v) is 10.7. The number of benzene rings is 1. The number of rotatable bonds is 4. The molecule has 7 heteroatoms. The van der Waals surface area contributed by atoms with Crippen LogP contribution in [-0.4, -0.2) is 31.7 Å². The van der Waals surface area contributed by atoms with Crippen LogP contribution in [0, 0.1) is 0 Å². The first-order valence-electron chi connectivity index (χ1n) is 4.52. The second-order valence-corrected chi connectivity index (χ2v) is 3.92. The maximum Gasteiger partial charge on any atom is 0.387 e. The molecule has 0 aliphatic heterocycles. The minimum absolute atomic E-state index is 0.00199. The number of nitrogens with zero attached hydrogens (tertiary/aromatic N) is 1. The Bertz CT molecular complexity index is 415. The summed E-state index contributed by atoms with van der Waals surface area (Å²) in [6.45, 7) is -3.00. The van der Waals surface area contributed by atoms with Crippen LogP contribution in [0.3, 0.4) is 0 Å². The summed E-state index contributed by atoms with van der Waals surface area (Å²) in [5, 5.41) is 0.918. The lowest BCUT2D eigenvalue weighted by Gasteiger charge is -2.16. The summed E-state index contributed by atoms with van der Waals surface area (Å²) < 4.78 is 29.2. The van der Waals surface area contributed by atoms with Gasteiger partial charge in [0.15, 0.2) is 0 Å². The van der Waals surface area contributed by atoms with Crippen LogP contribution in [0.15, 0.2) is 22.7 Å². The predicted molar refractivity (Wildman–Crippen MR) is 59.9 cm³/mol. The molecule has 0 spiro atoms. The second kappa shape index (κ2) is 5.92. The molecule has 0 saturated heterocycles. The van der Waals surface area contributed by atoms with E-state index in [1.807, 2.05) is 0 Å². The molecular formula is C10H10BrF2NO3. The van der Waals surface area contributed by atoms with Gasteiger partial charge in [0.1, 0.15) is 5.75 Å². The number of carbonyl (C=O) groups is 1. The van der Waals surface area contributed by atoms with Gasteiger partial charge >= 0.3 is 6.61 Å². The molecule has 94 valence electrons. The minimum Gasteiger partial charge on any atom is -0.434 e. The number of alkyl halides is 2. The molecule has 0 saturated carbocycles. The molecule has 1 rings (SSSR count). The molecule has 0 aliphatic carbocycles. The van der Waals surface area contributed by atoms with E-state index in [0.717, 1.165) is 5.06 Å². The minimum atomic E-state index is -3.00. The van der Waals surface area contributed by atoms with Crippen LogP contribution in [0.1, 0.15) is 10.4 Å². The molecule has 0 atom stereocenters. The highest BCUT2D eigenvalue weighted by Gasteiger charge is 2.19. The Labute approximate surface area is 105 Å². The van der Waals surface area contributed by atoms with Crippen molar-refractivity contribution < 1.29 is 23.1 Å². The van der Waals surface area contributed by atoms with E-state index < -0.39 is 12.5 Å². The molecule has 0 fully saturated rings. The van der Waals surface area contributed by atoms with Crippen molar-refractivity contribution >= 4 is 21.8 Å². The van der Waals surface area contributed by atoms with Gasteiger partial charge in [0.05, 0.1) is 12.7 Å². The van der Waals surface area contributed by atoms with Gasteiger partial charge in [-0.1, -0.05) is 15.9 Å². The predicted octanol–water partition coefficient (Wildman–Crippen LogP) is 2.68. The smallest absolute Gasteiger partial charge is 0.387 e. The van der Waals surface area contributed by atoms with Crippen LogP contribution < -0.4 is 4.74 Å². The van der Waals surface area contributed by atoms with E-state index in [2.05, 4.69) is 25.5 Å². The summed E-state index contributed by atoms with van der Waals surface area (Å²) in [4.78, 5) is 16.4. The lowest BCUT2D eigenvalue weighted by Crippen LogP contribution is -2.26. The van der Waals surface area contributed by atoms with Crippen LogP contribution >= 0.6 is 15.9 Å². The molecule has 1 aromatic carbocycles. The average Bonchev–Trinajstić information content (AvgIpc) is 2.26. The topological polar surface area (TPSA) is 38.8 Å². The standard InChI is InChI=1S/C10H10BrF2NO3/c1-14(16-2)9(15)7-4-3-6(11)5-8(7)17-10(12)13/h3-5,10H,1-2H3. The van der Waals surface area contributed by atoms with Crippen LogP contribution in [0.4, 0.5) is 8.78 Å². The largest absolute Gasteiger partial charge is 0.434 e. The Morgan fingerprint density at radius 2 is 2.12 bits per heavy atom. The van der Waals surface area contributed by atoms with Gasteiger partial charge in [0, 0.05) is 11.5 Å². The van der Waals surface area contributed by atoms with Gasteiger partial charge in [0.25, 0.3) is 5.91 Å². The van der Waals surface area contributed by atoms with Crippen LogP contribution in [-0.2, 0) is 4.84 Å². The summed E-state index contributed by atoms with van der Waals surface area (Å²) in [7, 11) is 2.67. The van der Waals surface area contributed by atoms with Crippen molar-refractivity contribution in [3.05, 3.63) is 28.2 Å². The Kier molecular flexibility index (Phi) is 4.83. The summed E-state index contributed by atoms with van der Waals surface area (Å²) in [5.74, 6) is -0.779. The average molecular weight is 310 g/mol. The molecule has 0 N–H and O–H groups in total. The van der Waals surface area contributed by atoms with Crippen molar-refractivity contribution in [1.82, 2.24) is 5.06 Å². The molecule has 4 nitrogen and oxygen atoms in total. The number of hydrogen-bond acceptors (Lipinski definition) is 3. The van der Waals surface area contributed by atoms with Crippen molar-refractivity contribution in [3.63, 3.8) is 0 Å². The number of ether oxygens (including phenoxy) is 1. The first kappa shape index (κ1) is 13.9. The van der Waals surface area contributed by atoms with Gasteiger partial charge in [-0.25, -0.2) is 5.06 Å². The van der Waals surface area contributed by atoms with Gasteiger partial charge in [-0.2, -0.15) is 8.78 Å². The van der Waals surface area contributed by atoms with Gasteiger partial charge < -0.3 is 4.74 Å². The Morgan fingerprint density at radius 3 is 2.65 bits per heavy atom. The van der Waals surface area contributed by atoms with Crippen molar-refractivity contribution in [3.8, 4) is 5.75 Å². The molecule has 0 bridgehead atoms. The van der Waals surface area contributed by atoms with Crippen molar-refractivity contribution in [2.24, 2.45) is 0 Å². The number of hydroxylamine groups is 2. The van der Waals surface area contributed by atoms with Crippen molar-refractivity contribution in [2.75, 3.05) is 14.2 Å². The maximum atomic E-state index is 12.2. The summed E-state index contributed by atoms with van der Waals surface area (Å²) in [5.41, 5.74) is -0.00199. The number of carbonyl (C=O) groups excluding carboxylic acids is 1. The summed E-state index contributed by atoms with van der Waals surface area (Å²) in [6.07, 6.45) is 0. The third-order valence-corrected chi connectivity index (χ3v) is 2.44. The Hall–Kier alpha value is -1.21. The number of hydrogen-bond donors (Lipinski definition) is 0. The lowest BCUT2D eigenvalue weighted by atomic mass is 10.2. The fourth-order valence-electron chi connectivity index (χ4n) is 1.12. The summed E-state index contributed by atoms with van der Waals surface area (Å²) in [6, 6.07) is 4.22. The number of halogens is 3. The van der Waals surface area contributed by atoms with Gasteiger partial charge in [0.2, 0.25) is 0 Å². The highest BCUT2D eigenvalue weighted by molar-refractivity contribution is 9.10. The third kappa shape index (κ3) is 3.64. The third-order valence-electron chi connectivity index (χ3n) is 1.95. The molecule has 0 aliphatic rings.